The summed E-state index contributed by atoms with van der Waals surface area (Å²) in [4.78, 5) is 12.4. The highest BCUT2D eigenvalue weighted by Gasteiger charge is 2.29. The van der Waals surface area contributed by atoms with Gasteiger partial charge in [0.2, 0.25) is 0 Å². The van der Waals surface area contributed by atoms with E-state index in [1.807, 2.05) is 25.1 Å². The molecule has 3 aromatic rings. The lowest BCUT2D eigenvalue weighted by Crippen LogP contribution is -2.35. The van der Waals surface area contributed by atoms with Crippen LogP contribution in [0.15, 0.2) is 71.2 Å². The van der Waals surface area contributed by atoms with Crippen LogP contribution >= 0.6 is 38.5 Å². The summed E-state index contributed by atoms with van der Waals surface area (Å²) in [6.45, 7) is 2.33. The summed E-state index contributed by atoms with van der Waals surface area (Å²) in [6, 6.07) is 22.9. The second-order valence-electron chi connectivity index (χ2n) is 7.31. The summed E-state index contributed by atoms with van der Waals surface area (Å²) in [5.74, 6) is 0.0771. The molecule has 0 aliphatic heterocycles. The molecule has 0 aromatic heterocycles. The minimum Gasteiger partial charge on any atom is -0.449 e. The highest BCUT2D eigenvalue weighted by molar-refractivity contribution is 14.1. The van der Waals surface area contributed by atoms with Crippen molar-refractivity contribution in [3.8, 4) is 11.1 Å². The topological polar surface area (TPSA) is 38.3 Å². The lowest BCUT2D eigenvalue weighted by Gasteiger charge is -2.18. The summed E-state index contributed by atoms with van der Waals surface area (Å²) in [7, 11) is 0. The number of benzene rings is 3. The normalized spacial score (nSPS) is 13.5. The molecule has 0 bridgehead atoms. The molecule has 0 heterocycles. The zero-order chi connectivity index (χ0) is 20.4. The van der Waals surface area contributed by atoms with E-state index in [2.05, 4.69) is 92.4 Å². The molecule has 0 unspecified atom stereocenters. The fourth-order valence-corrected chi connectivity index (χ4v) is 4.89. The first-order valence-corrected chi connectivity index (χ1v) is 11.5. The quantitative estimate of drug-likeness (QED) is 0.360. The van der Waals surface area contributed by atoms with Gasteiger partial charge >= 0.3 is 6.09 Å². The van der Waals surface area contributed by atoms with Crippen molar-refractivity contribution in [3.05, 3.63) is 91.5 Å². The molecule has 0 radical (unpaired) electrons. The summed E-state index contributed by atoms with van der Waals surface area (Å²) >= 11 is 5.88. The van der Waals surface area contributed by atoms with Crippen LogP contribution in [0.4, 0.5) is 4.79 Å². The van der Waals surface area contributed by atoms with Crippen LogP contribution < -0.4 is 5.32 Å². The highest BCUT2D eigenvalue weighted by Crippen LogP contribution is 2.44. The van der Waals surface area contributed by atoms with Gasteiger partial charge in [0.15, 0.2) is 0 Å². The Balaban J connectivity index is 1.39. The number of hydrogen-bond acceptors (Lipinski definition) is 2. The Morgan fingerprint density at radius 3 is 2.34 bits per heavy atom. The molecule has 0 spiro atoms. The van der Waals surface area contributed by atoms with Crippen LogP contribution in [0.1, 0.15) is 29.5 Å². The predicted octanol–water partition coefficient (Wildman–Crippen LogP) is 6.52. The maximum Gasteiger partial charge on any atom is 0.407 e. The third-order valence-electron chi connectivity index (χ3n) is 5.24. The number of amides is 1. The van der Waals surface area contributed by atoms with Crippen LogP contribution in [0, 0.1) is 3.57 Å². The summed E-state index contributed by atoms with van der Waals surface area (Å²) < 4.78 is 7.87. The number of alkyl carbamates (subject to hydrolysis) is 1. The van der Waals surface area contributed by atoms with Gasteiger partial charge in [-0.3, -0.25) is 0 Å². The van der Waals surface area contributed by atoms with E-state index in [9.17, 15) is 4.79 Å². The fraction of sp³-hybridized carbons (Fsp3) is 0.208. The third-order valence-corrected chi connectivity index (χ3v) is 6.69. The number of nitrogens with one attached hydrogen (secondary N) is 1. The van der Waals surface area contributed by atoms with Crippen LogP contribution in [0.2, 0.25) is 0 Å². The Morgan fingerprint density at radius 1 is 1.07 bits per heavy atom. The Morgan fingerprint density at radius 2 is 1.69 bits per heavy atom. The second kappa shape index (κ2) is 8.88. The lowest BCUT2D eigenvalue weighted by molar-refractivity contribution is 0.139. The zero-order valence-corrected chi connectivity index (χ0v) is 19.7. The highest BCUT2D eigenvalue weighted by atomic mass is 127. The van der Waals surface area contributed by atoms with Gasteiger partial charge in [-0.25, -0.2) is 4.79 Å². The van der Waals surface area contributed by atoms with Gasteiger partial charge in [0, 0.05) is 20.0 Å². The van der Waals surface area contributed by atoms with Crippen molar-refractivity contribution in [1.82, 2.24) is 5.32 Å². The van der Waals surface area contributed by atoms with E-state index in [1.54, 1.807) is 0 Å². The molecular weight excluding hydrogens is 541 g/mol. The molecule has 0 saturated heterocycles. The molecule has 0 fully saturated rings. The van der Waals surface area contributed by atoms with Crippen LogP contribution in [-0.4, -0.2) is 18.7 Å². The van der Waals surface area contributed by atoms with Gasteiger partial charge < -0.3 is 10.1 Å². The van der Waals surface area contributed by atoms with Crippen LogP contribution in [0.25, 0.3) is 11.1 Å². The number of rotatable bonds is 5. The SMILES string of the molecule is C[C@@H](Cc1cc(I)ccc1Br)NC(=O)OCC1c2ccccc2-c2ccccc21. The van der Waals surface area contributed by atoms with Gasteiger partial charge in [0.05, 0.1) is 0 Å². The molecule has 1 aliphatic carbocycles. The predicted molar refractivity (Wildman–Crippen MR) is 128 cm³/mol. The molecule has 3 aromatic carbocycles. The molecule has 3 nitrogen and oxygen atoms in total. The van der Waals surface area contributed by atoms with Gasteiger partial charge in [-0.2, -0.15) is 0 Å². The monoisotopic (exact) mass is 561 g/mol. The van der Waals surface area contributed by atoms with Crippen molar-refractivity contribution < 1.29 is 9.53 Å². The van der Waals surface area contributed by atoms with E-state index >= 15 is 0 Å². The molecule has 4 rings (SSSR count). The number of hydrogen-bond donors (Lipinski definition) is 1. The Labute approximate surface area is 193 Å². The molecule has 1 N–H and O–H groups in total. The second-order valence-corrected chi connectivity index (χ2v) is 9.41. The number of ether oxygens (including phenoxy) is 1. The maximum absolute atomic E-state index is 12.4. The summed E-state index contributed by atoms with van der Waals surface area (Å²) in [5.41, 5.74) is 6.07. The average molecular weight is 562 g/mol. The van der Waals surface area contributed by atoms with Crippen LogP contribution in [0.3, 0.4) is 0 Å². The standard InChI is InChI=1S/C24H21BrINO2/c1-15(12-16-13-17(26)10-11-23(16)25)27-24(28)29-14-22-20-8-4-2-6-18(20)19-7-3-5-9-21(19)22/h2-11,13,15,22H,12,14H2,1H3,(H,27,28)/t15-/m0/s1. The number of carbonyl (C=O) groups excluding carboxylic acids is 1. The number of fused-ring (bicyclic) bond motifs is 3. The smallest absolute Gasteiger partial charge is 0.407 e. The summed E-state index contributed by atoms with van der Waals surface area (Å²) in [5, 5.41) is 2.96. The van der Waals surface area contributed by atoms with E-state index in [-0.39, 0.29) is 18.1 Å². The molecule has 1 atom stereocenters. The van der Waals surface area contributed by atoms with Gasteiger partial charge in [-0.15, -0.1) is 0 Å². The number of halogens is 2. The van der Waals surface area contributed by atoms with Crippen LogP contribution in [0.5, 0.6) is 0 Å². The molecule has 1 aliphatic rings. The lowest BCUT2D eigenvalue weighted by atomic mass is 9.98. The molecule has 148 valence electrons. The van der Waals surface area contributed by atoms with Crippen molar-refractivity contribution in [2.75, 3.05) is 6.61 Å². The van der Waals surface area contributed by atoms with Crippen molar-refractivity contribution in [3.63, 3.8) is 0 Å². The first-order chi connectivity index (χ1) is 14.0. The first-order valence-electron chi connectivity index (χ1n) is 9.58. The van der Waals surface area contributed by atoms with E-state index in [4.69, 9.17) is 4.74 Å². The molecule has 5 heteroatoms. The van der Waals surface area contributed by atoms with E-state index < -0.39 is 0 Å². The zero-order valence-electron chi connectivity index (χ0n) is 16.0. The molecular formula is C24H21BrINO2. The van der Waals surface area contributed by atoms with Crippen LogP contribution in [-0.2, 0) is 11.2 Å². The average Bonchev–Trinajstić information content (AvgIpc) is 3.03. The van der Waals surface area contributed by atoms with E-state index in [0.717, 1.165) is 10.9 Å². The van der Waals surface area contributed by atoms with E-state index in [0.29, 0.717) is 6.61 Å². The minimum absolute atomic E-state index is 0.0276. The first kappa shape index (κ1) is 20.4. The minimum atomic E-state index is -0.374. The van der Waals surface area contributed by atoms with Gasteiger partial charge in [-0.1, -0.05) is 64.5 Å². The van der Waals surface area contributed by atoms with E-state index in [1.165, 1.54) is 31.4 Å². The Hall–Kier alpha value is -1.86. The molecule has 0 saturated carbocycles. The fourth-order valence-electron chi connectivity index (χ4n) is 3.92. The Bertz CT molecular complexity index is 1010. The Kier molecular flexibility index (Phi) is 6.25. The third kappa shape index (κ3) is 4.51. The van der Waals surface area contributed by atoms with Crippen molar-refractivity contribution in [2.45, 2.75) is 25.3 Å². The summed E-state index contributed by atoms with van der Waals surface area (Å²) in [6.07, 6.45) is 0.364. The van der Waals surface area contributed by atoms with Crippen molar-refractivity contribution in [2.24, 2.45) is 0 Å². The molecule has 29 heavy (non-hydrogen) atoms. The van der Waals surface area contributed by atoms with Gasteiger partial charge in [-0.05, 0) is 82.0 Å². The van der Waals surface area contributed by atoms with Gasteiger partial charge in [0.1, 0.15) is 6.61 Å². The van der Waals surface area contributed by atoms with Gasteiger partial charge in [0.25, 0.3) is 0 Å². The molecule has 1 amide bonds. The van der Waals surface area contributed by atoms with Crippen molar-refractivity contribution >= 4 is 44.6 Å². The largest absolute Gasteiger partial charge is 0.449 e. The number of carbonyl (C=O) groups is 1. The van der Waals surface area contributed by atoms with Crippen molar-refractivity contribution in [1.29, 1.82) is 0 Å². The maximum atomic E-state index is 12.4.